The van der Waals surface area contributed by atoms with Gasteiger partial charge in [0.1, 0.15) is 23.7 Å². The van der Waals surface area contributed by atoms with Crippen molar-refractivity contribution in [2.45, 2.75) is 40.0 Å². The standard InChI is InChI=1S/C35H36FN9O2/c1-35(2,3)16-30(46)39-24-13-22(17-37-18-24)27-6-7-28-32(40-27)33(44-43-28)34-41-29-20-38-19-26(31(29)42-34)21-12-23(36)15-25(14-21)47-11-10-45-8-4-5-9-45/h6-7,12-15,17-20H,4-5,8-11,16H2,1-3H3,(H,39,46)(H,41,42)(H,43,44). The van der Waals surface area contributed by atoms with Crippen LogP contribution in [-0.4, -0.2) is 72.2 Å². The highest BCUT2D eigenvalue weighted by Crippen LogP contribution is 2.33. The number of fused-ring (bicyclic) bond motifs is 2. The summed E-state index contributed by atoms with van der Waals surface area (Å²) in [5, 5.41) is 10.5. The van der Waals surface area contributed by atoms with Gasteiger partial charge in [0.25, 0.3) is 0 Å². The average Bonchev–Trinajstić information content (AvgIpc) is 3.79. The number of halogens is 1. The Bertz CT molecular complexity index is 2080. The van der Waals surface area contributed by atoms with Gasteiger partial charge in [0, 0.05) is 42.6 Å². The number of H-pyrrole nitrogens is 2. The lowest BCUT2D eigenvalue weighted by Gasteiger charge is -2.17. The lowest BCUT2D eigenvalue weighted by molar-refractivity contribution is -0.117. The van der Waals surface area contributed by atoms with Gasteiger partial charge in [0.05, 0.1) is 40.3 Å². The Morgan fingerprint density at radius 2 is 1.79 bits per heavy atom. The van der Waals surface area contributed by atoms with Crippen molar-refractivity contribution in [1.29, 1.82) is 0 Å². The van der Waals surface area contributed by atoms with Gasteiger partial charge in [-0.05, 0) is 67.2 Å². The number of aromatic amines is 2. The van der Waals surface area contributed by atoms with E-state index in [0.29, 0.717) is 69.4 Å². The second-order valence-electron chi connectivity index (χ2n) is 13.2. The summed E-state index contributed by atoms with van der Waals surface area (Å²) >= 11 is 0. The Labute approximate surface area is 271 Å². The molecule has 6 heterocycles. The van der Waals surface area contributed by atoms with Crippen LogP contribution in [0.4, 0.5) is 10.1 Å². The third-order valence-electron chi connectivity index (χ3n) is 8.09. The molecule has 11 nitrogen and oxygen atoms in total. The number of benzene rings is 1. The number of aromatic nitrogens is 7. The Hall–Kier alpha value is -5.23. The van der Waals surface area contributed by atoms with Crippen LogP contribution >= 0.6 is 0 Å². The van der Waals surface area contributed by atoms with E-state index in [4.69, 9.17) is 14.7 Å². The van der Waals surface area contributed by atoms with Crippen LogP contribution in [0.25, 0.3) is 56.0 Å². The van der Waals surface area contributed by atoms with Gasteiger partial charge in [-0.15, -0.1) is 0 Å². The number of hydrogen-bond acceptors (Lipinski definition) is 8. The first kappa shape index (κ1) is 30.4. The van der Waals surface area contributed by atoms with E-state index in [1.807, 2.05) is 45.0 Å². The number of likely N-dealkylation sites (tertiary alicyclic amines) is 1. The number of nitrogens with zero attached hydrogens (tertiary/aromatic N) is 6. The van der Waals surface area contributed by atoms with E-state index in [0.717, 1.165) is 30.7 Å². The van der Waals surface area contributed by atoms with Gasteiger partial charge in [0.2, 0.25) is 5.91 Å². The van der Waals surface area contributed by atoms with Crippen molar-refractivity contribution in [3.8, 4) is 39.7 Å². The Morgan fingerprint density at radius 3 is 2.62 bits per heavy atom. The van der Waals surface area contributed by atoms with Crippen LogP contribution in [0.1, 0.15) is 40.0 Å². The van der Waals surface area contributed by atoms with E-state index in [1.165, 1.54) is 25.0 Å². The summed E-state index contributed by atoms with van der Waals surface area (Å²) in [4.78, 5) is 36.7. The van der Waals surface area contributed by atoms with Crippen LogP contribution in [0.2, 0.25) is 0 Å². The van der Waals surface area contributed by atoms with Crippen molar-refractivity contribution < 1.29 is 13.9 Å². The highest BCUT2D eigenvalue weighted by molar-refractivity contribution is 5.96. The number of amides is 1. The average molecular weight is 634 g/mol. The molecule has 1 aromatic carbocycles. The molecule has 1 aliphatic heterocycles. The zero-order chi connectivity index (χ0) is 32.5. The van der Waals surface area contributed by atoms with E-state index in [1.54, 1.807) is 24.8 Å². The number of carbonyl (C=O) groups excluding carboxylic acids is 1. The lowest BCUT2D eigenvalue weighted by Crippen LogP contribution is -2.25. The van der Waals surface area contributed by atoms with Crippen molar-refractivity contribution in [3.05, 3.63) is 67.0 Å². The minimum atomic E-state index is -0.395. The Balaban J connectivity index is 1.17. The van der Waals surface area contributed by atoms with Gasteiger partial charge >= 0.3 is 0 Å². The van der Waals surface area contributed by atoms with Crippen LogP contribution in [0.5, 0.6) is 5.75 Å². The van der Waals surface area contributed by atoms with Gasteiger partial charge in [-0.2, -0.15) is 5.10 Å². The molecular weight excluding hydrogens is 597 g/mol. The largest absolute Gasteiger partial charge is 0.492 e. The minimum Gasteiger partial charge on any atom is -0.492 e. The minimum absolute atomic E-state index is 0.0739. The second-order valence-corrected chi connectivity index (χ2v) is 13.2. The molecule has 7 rings (SSSR count). The summed E-state index contributed by atoms with van der Waals surface area (Å²) in [7, 11) is 0. The highest BCUT2D eigenvalue weighted by atomic mass is 19.1. The summed E-state index contributed by atoms with van der Waals surface area (Å²) in [6.07, 6.45) is 9.49. The molecule has 240 valence electrons. The second kappa shape index (κ2) is 12.5. The first-order chi connectivity index (χ1) is 22.7. The molecule has 0 radical (unpaired) electrons. The van der Waals surface area contributed by atoms with Crippen molar-refractivity contribution in [2.75, 3.05) is 31.6 Å². The number of imidazole rings is 1. The molecule has 1 fully saturated rings. The molecule has 47 heavy (non-hydrogen) atoms. The molecule has 1 amide bonds. The molecular formula is C35H36FN9O2. The molecule has 12 heteroatoms. The van der Waals surface area contributed by atoms with Gasteiger partial charge in [-0.1, -0.05) is 20.8 Å². The molecule has 6 aromatic rings. The fourth-order valence-electron chi connectivity index (χ4n) is 5.92. The smallest absolute Gasteiger partial charge is 0.224 e. The van der Waals surface area contributed by atoms with Crippen LogP contribution in [-0.2, 0) is 4.79 Å². The Morgan fingerprint density at radius 1 is 0.957 bits per heavy atom. The van der Waals surface area contributed by atoms with Crippen molar-refractivity contribution in [2.24, 2.45) is 5.41 Å². The van der Waals surface area contributed by atoms with E-state index in [9.17, 15) is 9.18 Å². The molecule has 1 saturated heterocycles. The summed E-state index contributed by atoms with van der Waals surface area (Å²) in [6.45, 7) is 9.53. The van der Waals surface area contributed by atoms with Gasteiger partial charge in [-0.3, -0.25) is 24.8 Å². The van der Waals surface area contributed by atoms with Gasteiger partial charge in [0.15, 0.2) is 11.5 Å². The normalized spacial score (nSPS) is 13.9. The van der Waals surface area contributed by atoms with E-state index in [-0.39, 0.29) is 11.3 Å². The molecule has 3 N–H and O–H groups in total. The van der Waals surface area contributed by atoms with Crippen LogP contribution in [0, 0.1) is 11.2 Å². The lowest BCUT2D eigenvalue weighted by atomic mass is 9.92. The van der Waals surface area contributed by atoms with Gasteiger partial charge in [-0.25, -0.2) is 14.4 Å². The first-order valence-electron chi connectivity index (χ1n) is 15.8. The zero-order valence-corrected chi connectivity index (χ0v) is 26.6. The maximum absolute atomic E-state index is 14.8. The highest BCUT2D eigenvalue weighted by Gasteiger charge is 2.19. The molecule has 0 aliphatic carbocycles. The number of ether oxygens (including phenoxy) is 1. The molecule has 1 aliphatic rings. The van der Waals surface area contributed by atoms with E-state index in [2.05, 4.69) is 35.4 Å². The maximum Gasteiger partial charge on any atom is 0.224 e. The van der Waals surface area contributed by atoms with E-state index < -0.39 is 5.82 Å². The maximum atomic E-state index is 14.8. The van der Waals surface area contributed by atoms with Crippen molar-refractivity contribution in [3.63, 3.8) is 0 Å². The third kappa shape index (κ3) is 6.82. The number of pyridine rings is 3. The fraction of sp³-hybridized carbons (Fsp3) is 0.314. The number of hydrogen-bond donors (Lipinski definition) is 3. The third-order valence-corrected chi connectivity index (χ3v) is 8.09. The summed E-state index contributed by atoms with van der Waals surface area (Å²) in [6, 6.07) is 10.3. The summed E-state index contributed by atoms with van der Waals surface area (Å²) in [5.41, 5.74) is 6.32. The topological polar surface area (TPSA) is 138 Å². The fourth-order valence-corrected chi connectivity index (χ4v) is 5.92. The SMILES string of the molecule is CC(C)(C)CC(=O)Nc1cncc(-c2ccc3[nH]nc(-c4nc5c(-c6cc(F)cc(OCCN7CCCC7)c6)cncc5[nH]4)c3n2)c1. The number of carbonyl (C=O) groups is 1. The van der Waals surface area contributed by atoms with Crippen molar-refractivity contribution >= 4 is 33.7 Å². The summed E-state index contributed by atoms with van der Waals surface area (Å²) in [5.74, 6) is 0.489. The van der Waals surface area contributed by atoms with Gasteiger partial charge < -0.3 is 15.0 Å². The molecule has 5 aromatic heterocycles. The molecule has 0 spiro atoms. The first-order valence-corrected chi connectivity index (χ1v) is 15.8. The predicted octanol–water partition coefficient (Wildman–Crippen LogP) is 6.61. The number of anilines is 1. The quantitative estimate of drug-likeness (QED) is 0.162. The van der Waals surface area contributed by atoms with Crippen LogP contribution in [0.15, 0.2) is 61.2 Å². The van der Waals surface area contributed by atoms with E-state index >= 15 is 0 Å². The molecule has 0 atom stereocenters. The number of nitrogens with one attached hydrogen (secondary N) is 3. The number of rotatable bonds is 9. The van der Waals surface area contributed by atoms with Crippen LogP contribution < -0.4 is 10.1 Å². The molecule has 0 saturated carbocycles. The Kier molecular flexibility index (Phi) is 8.10. The molecule has 0 bridgehead atoms. The zero-order valence-electron chi connectivity index (χ0n) is 26.6. The van der Waals surface area contributed by atoms with Crippen LogP contribution in [0.3, 0.4) is 0 Å². The summed E-state index contributed by atoms with van der Waals surface area (Å²) < 4.78 is 20.7. The monoisotopic (exact) mass is 633 g/mol. The van der Waals surface area contributed by atoms with Crippen molar-refractivity contribution in [1.82, 2.24) is 40.0 Å². The predicted molar refractivity (Wildman–Crippen MR) is 179 cm³/mol. The molecule has 0 unspecified atom stereocenters.